The molecule has 3 aromatic rings. The molecule has 2 aromatic carbocycles. The fourth-order valence-electron chi connectivity index (χ4n) is 2.91. The lowest BCUT2D eigenvalue weighted by Gasteiger charge is -2.16. The fourth-order valence-corrected chi connectivity index (χ4v) is 3.49. The Hall–Kier alpha value is -2.37. The third-order valence-electron chi connectivity index (χ3n) is 4.29. The second-order valence-electron chi connectivity index (χ2n) is 6.34. The Kier molecular flexibility index (Phi) is 6.14. The van der Waals surface area contributed by atoms with Crippen LogP contribution in [0, 0.1) is 0 Å². The quantitative estimate of drug-likeness (QED) is 0.638. The molecule has 0 saturated carbocycles. The van der Waals surface area contributed by atoms with Crippen molar-refractivity contribution in [1.82, 2.24) is 15.3 Å². The lowest BCUT2D eigenvalue weighted by molar-refractivity contribution is -0.121. The number of fused-ring (bicyclic) bond motifs is 1. The van der Waals surface area contributed by atoms with Crippen molar-refractivity contribution in [2.45, 2.75) is 32.2 Å². The molecule has 0 aliphatic carbocycles. The molecule has 0 spiro atoms. The molecular formula is C20H19Cl2N3O2. The van der Waals surface area contributed by atoms with E-state index in [0.29, 0.717) is 46.0 Å². The van der Waals surface area contributed by atoms with Gasteiger partial charge in [-0.05, 0) is 43.2 Å². The molecule has 0 radical (unpaired) electrons. The van der Waals surface area contributed by atoms with Gasteiger partial charge in [0.2, 0.25) is 5.91 Å². The number of carbonyl (C=O) groups excluding carboxylic acids is 1. The maximum Gasteiger partial charge on any atom is 0.258 e. The van der Waals surface area contributed by atoms with Crippen molar-refractivity contribution in [3.05, 3.63) is 74.3 Å². The van der Waals surface area contributed by atoms with Gasteiger partial charge >= 0.3 is 0 Å². The van der Waals surface area contributed by atoms with E-state index in [-0.39, 0.29) is 17.5 Å². The highest BCUT2D eigenvalue weighted by Gasteiger charge is 2.13. The van der Waals surface area contributed by atoms with Crippen LogP contribution in [-0.2, 0) is 11.2 Å². The number of amides is 1. The monoisotopic (exact) mass is 403 g/mol. The van der Waals surface area contributed by atoms with Crippen molar-refractivity contribution in [1.29, 1.82) is 0 Å². The van der Waals surface area contributed by atoms with Gasteiger partial charge in [0.15, 0.2) is 0 Å². The molecule has 27 heavy (non-hydrogen) atoms. The smallest absolute Gasteiger partial charge is 0.258 e. The van der Waals surface area contributed by atoms with Crippen LogP contribution in [0.25, 0.3) is 10.9 Å². The Balaban J connectivity index is 1.56. The number of halogens is 2. The van der Waals surface area contributed by atoms with E-state index in [2.05, 4.69) is 15.3 Å². The number of hydrogen-bond donors (Lipinski definition) is 2. The zero-order valence-electron chi connectivity index (χ0n) is 14.8. The summed E-state index contributed by atoms with van der Waals surface area (Å²) in [4.78, 5) is 31.5. The summed E-state index contributed by atoms with van der Waals surface area (Å²) >= 11 is 12.1. The maximum atomic E-state index is 12.2. The largest absolute Gasteiger partial charge is 0.350 e. The van der Waals surface area contributed by atoms with Gasteiger partial charge in [-0.15, -0.1) is 0 Å². The fraction of sp³-hybridized carbons (Fsp3) is 0.250. The molecule has 1 atom stereocenters. The normalized spacial score (nSPS) is 12.1. The Morgan fingerprint density at radius 2 is 2.00 bits per heavy atom. The molecule has 0 fully saturated rings. The Labute approximate surface area is 166 Å². The number of aromatic nitrogens is 2. The van der Waals surface area contributed by atoms with E-state index >= 15 is 0 Å². The molecule has 0 saturated heterocycles. The number of aryl methyl sites for hydroxylation is 1. The van der Waals surface area contributed by atoms with E-state index in [4.69, 9.17) is 23.2 Å². The van der Waals surface area contributed by atoms with Gasteiger partial charge in [0.1, 0.15) is 5.82 Å². The first-order chi connectivity index (χ1) is 12.9. The summed E-state index contributed by atoms with van der Waals surface area (Å²) in [6.45, 7) is 1.87. The molecule has 140 valence electrons. The van der Waals surface area contributed by atoms with Gasteiger partial charge in [-0.2, -0.15) is 0 Å². The Bertz CT molecular complexity index is 1030. The molecule has 0 aliphatic rings. The van der Waals surface area contributed by atoms with Gasteiger partial charge in [0.25, 0.3) is 5.56 Å². The molecule has 1 heterocycles. The summed E-state index contributed by atoms with van der Waals surface area (Å²) in [5.74, 6) is 0.497. The van der Waals surface area contributed by atoms with Gasteiger partial charge < -0.3 is 10.3 Å². The van der Waals surface area contributed by atoms with Gasteiger partial charge in [0, 0.05) is 22.9 Å². The number of nitrogens with zero attached hydrogens (tertiary/aromatic N) is 1. The summed E-state index contributed by atoms with van der Waals surface area (Å²) in [5, 5.41) is 4.56. The molecule has 0 bridgehead atoms. The average Bonchev–Trinajstić information content (AvgIpc) is 2.61. The minimum Gasteiger partial charge on any atom is -0.350 e. The number of rotatable bonds is 6. The second-order valence-corrected chi connectivity index (χ2v) is 7.18. The van der Waals surface area contributed by atoms with Crippen LogP contribution in [0.3, 0.4) is 0 Å². The molecule has 3 rings (SSSR count). The van der Waals surface area contributed by atoms with Crippen LogP contribution in [0.4, 0.5) is 0 Å². The number of para-hydroxylation sites is 1. The van der Waals surface area contributed by atoms with Crippen LogP contribution in [-0.4, -0.2) is 15.9 Å². The zero-order chi connectivity index (χ0) is 19.4. The average molecular weight is 404 g/mol. The molecular weight excluding hydrogens is 385 g/mol. The zero-order valence-corrected chi connectivity index (χ0v) is 16.3. The standard InChI is InChI=1S/C20H19Cl2N3O2/c1-12(14-10-9-13(21)11-16(14)22)23-19(26)8-4-7-18-24-17-6-3-2-5-15(17)20(27)25-18/h2-3,5-6,9-12H,4,7-8H2,1H3,(H,23,26)(H,24,25,27)/t12-/m0/s1. The van der Waals surface area contributed by atoms with Gasteiger partial charge in [-0.25, -0.2) is 4.98 Å². The predicted molar refractivity (Wildman–Crippen MR) is 108 cm³/mol. The Morgan fingerprint density at radius 3 is 2.78 bits per heavy atom. The summed E-state index contributed by atoms with van der Waals surface area (Å²) in [5.41, 5.74) is 1.31. The van der Waals surface area contributed by atoms with E-state index in [1.807, 2.05) is 13.0 Å². The van der Waals surface area contributed by atoms with Crippen LogP contribution in [0.15, 0.2) is 47.3 Å². The first-order valence-corrected chi connectivity index (χ1v) is 9.42. The van der Waals surface area contributed by atoms with Crippen molar-refractivity contribution < 1.29 is 4.79 Å². The van der Waals surface area contributed by atoms with Crippen molar-refractivity contribution in [3.63, 3.8) is 0 Å². The van der Waals surface area contributed by atoms with E-state index in [1.165, 1.54) is 0 Å². The highest BCUT2D eigenvalue weighted by Crippen LogP contribution is 2.26. The van der Waals surface area contributed by atoms with Crippen molar-refractivity contribution in [2.24, 2.45) is 0 Å². The van der Waals surface area contributed by atoms with Crippen LogP contribution >= 0.6 is 23.2 Å². The molecule has 0 unspecified atom stereocenters. The molecule has 1 amide bonds. The number of carbonyl (C=O) groups is 1. The number of benzene rings is 2. The van der Waals surface area contributed by atoms with Crippen LogP contribution in [0.1, 0.15) is 37.2 Å². The first-order valence-electron chi connectivity index (χ1n) is 8.66. The highest BCUT2D eigenvalue weighted by molar-refractivity contribution is 6.35. The van der Waals surface area contributed by atoms with Crippen LogP contribution in [0.5, 0.6) is 0 Å². The number of nitrogens with one attached hydrogen (secondary N) is 2. The van der Waals surface area contributed by atoms with E-state index in [0.717, 1.165) is 5.56 Å². The molecule has 2 N–H and O–H groups in total. The lowest BCUT2D eigenvalue weighted by Crippen LogP contribution is -2.26. The van der Waals surface area contributed by atoms with Gasteiger partial charge in [0.05, 0.1) is 16.9 Å². The second kappa shape index (κ2) is 8.55. The van der Waals surface area contributed by atoms with Crippen LogP contribution in [0.2, 0.25) is 10.0 Å². The lowest BCUT2D eigenvalue weighted by atomic mass is 10.1. The van der Waals surface area contributed by atoms with E-state index in [9.17, 15) is 9.59 Å². The minimum atomic E-state index is -0.221. The van der Waals surface area contributed by atoms with Crippen molar-refractivity contribution >= 4 is 40.0 Å². The van der Waals surface area contributed by atoms with Gasteiger partial charge in [-0.1, -0.05) is 41.4 Å². The summed E-state index contributed by atoms with van der Waals surface area (Å²) in [7, 11) is 0. The first kappa shape index (κ1) is 19.4. The minimum absolute atomic E-state index is 0.0864. The van der Waals surface area contributed by atoms with Crippen molar-refractivity contribution in [2.75, 3.05) is 0 Å². The van der Waals surface area contributed by atoms with Crippen LogP contribution < -0.4 is 10.9 Å². The van der Waals surface area contributed by atoms with E-state index in [1.54, 1.807) is 36.4 Å². The molecule has 7 heteroatoms. The third-order valence-corrected chi connectivity index (χ3v) is 4.85. The predicted octanol–water partition coefficient (Wildman–Crippen LogP) is 4.43. The SMILES string of the molecule is C[C@H](NC(=O)CCCc1nc2ccccc2c(=O)[nH]1)c1ccc(Cl)cc1Cl. The number of H-pyrrole nitrogens is 1. The molecule has 0 aliphatic heterocycles. The van der Waals surface area contributed by atoms with Gasteiger partial charge in [-0.3, -0.25) is 9.59 Å². The maximum absolute atomic E-state index is 12.2. The third kappa shape index (κ3) is 4.87. The summed E-state index contributed by atoms with van der Waals surface area (Å²) < 4.78 is 0. The molecule has 1 aromatic heterocycles. The van der Waals surface area contributed by atoms with E-state index < -0.39 is 0 Å². The summed E-state index contributed by atoms with van der Waals surface area (Å²) in [6.07, 6.45) is 1.42. The summed E-state index contributed by atoms with van der Waals surface area (Å²) in [6, 6.07) is 12.2. The topological polar surface area (TPSA) is 74.8 Å². The molecule has 5 nitrogen and oxygen atoms in total. The van der Waals surface area contributed by atoms with Crippen molar-refractivity contribution in [3.8, 4) is 0 Å². The number of aromatic amines is 1. The highest BCUT2D eigenvalue weighted by atomic mass is 35.5. The number of hydrogen-bond acceptors (Lipinski definition) is 3. The Morgan fingerprint density at radius 1 is 1.22 bits per heavy atom.